The van der Waals surface area contributed by atoms with Gasteiger partial charge in [-0.25, -0.2) is 8.78 Å². The zero-order chi connectivity index (χ0) is 13.0. The maximum Gasteiger partial charge on any atom is 0.254 e. The lowest BCUT2D eigenvalue weighted by Crippen LogP contribution is -2.26. The lowest BCUT2D eigenvalue weighted by Gasteiger charge is -2.08. The number of aryl methyl sites for hydroxylation is 1. The van der Waals surface area contributed by atoms with Crippen molar-refractivity contribution in [1.82, 2.24) is 5.32 Å². The molecule has 0 aromatic heterocycles. The predicted octanol–water partition coefficient (Wildman–Crippen LogP) is 3.02. The summed E-state index contributed by atoms with van der Waals surface area (Å²) in [6.07, 6.45) is 0.592. The summed E-state index contributed by atoms with van der Waals surface area (Å²) in [5.74, 6) is -2.07. The lowest BCUT2D eigenvalue weighted by molar-refractivity contribution is 0.0949. The molecule has 0 heterocycles. The molecule has 1 atom stereocenters. The fourth-order valence-electron chi connectivity index (χ4n) is 1.31. The standard InChI is InChI=1S/C12H14ClF2NO/c1-7-5-9(11(15)6-10(7)14)12(17)16-4-3-8(2)13/h5-6,8H,3-4H2,1-2H3,(H,16,17). The van der Waals surface area contributed by atoms with Gasteiger partial charge >= 0.3 is 0 Å². The Morgan fingerprint density at radius 1 is 1.41 bits per heavy atom. The summed E-state index contributed by atoms with van der Waals surface area (Å²) in [7, 11) is 0. The van der Waals surface area contributed by atoms with Crippen LogP contribution in [0.25, 0.3) is 0 Å². The number of amides is 1. The molecule has 0 fully saturated rings. The number of hydrogen-bond donors (Lipinski definition) is 1. The van der Waals surface area contributed by atoms with Crippen LogP contribution in [-0.2, 0) is 0 Å². The van der Waals surface area contributed by atoms with Crippen molar-refractivity contribution in [1.29, 1.82) is 0 Å². The number of alkyl halides is 1. The molecule has 1 N–H and O–H groups in total. The van der Waals surface area contributed by atoms with Crippen LogP contribution in [-0.4, -0.2) is 17.8 Å². The minimum absolute atomic E-state index is 0.0601. The molecule has 2 nitrogen and oxygen atoms in total. The Labute approximate surface area is 104 Å². The van der Waals surface area contributed by atoms with E-state index < -0.39 is 17.5 Å². The summed E-state index contributed by atoms with van der Waals surface area (Å²) in [4.78, 5) is 11.6. The Balaban J connectivity index is 2.72. The highest BCUT2D eigenvalue weighted by Gasteiger charge is 2.14. The second kappa shape index (κ2) is 5.96. The van der Waals surface area contributed by atoms with Gasteiger partial charge in [0.2, 0.25) is 0 Å². The van der Waals surface area contributed by atoms with Gasteiger partial charge in [0, 0.05) is 18.0 Å². The van der Waals surface area contributed by atoms with Crippen molar-refractivity contribution >= 4 is 17.5 Å². The van der Waals surface area contributed by atoms with Crippen LogP contribution in [0, 0.1) is 18.6 Å². The van der Waals surface area contributed by atoms with Crippen molar-refractivity contribution in [2.75, 3.05) is 6.54 Å². The number of halogens is 3. The van der Waals surface area contributed by atoms with Crippen LogP contribution in [0.1, 0.15) is 29.3 Å². The lowest BCUT2D eigenvalue weighted by atomic mass is 10.1. The second-order valence-electron chi connectivity index (χ2n) is 3.91. The number of carbonyl (C=O) groups excluding carboxylic acids is 1. The molecule has 94 valence electrons. The molecule has 0 saturated heterocycles. The fourth-order valence-corrected chi connectivity index (χ4v) is 1.42. The molecule has 0 radical (unpaired) electrons. The minimum Gasteiger partial charge on any atom is -0.352 e. The van der Waals surface area contributed by atoms with Crippen molar-refractivity contribution in [3.05, 3.63) is 34.9 Å². The van der Waals surface area contributed by atoms with Crippen LogP contribution >= 0.6 is 11.6 Å². The fraction of sp³-hybridized carbons (Fsp3) is 0.417. The van der Waals surface area contributed by atoms with Gasteiger partial charge in [-0.2, -0.15) is 0 Å². The summed E-state index contributed by atoms with van der Waals surface area (Å²) in [6.45, 7) is 3.64. The quantitative estimate of drug-likeness (QED) is 0.830. The Kier molecular flexibility index (Phi) is 4.87. The van der Waals surface area contributed by atoms with Gasteiger partial charge in [-0.3, -0.25) is 4.79 Å². The average Bonchev–Trinajstić information content (AvgIpc) is 2.22. The zero-order valence-electron chi connectivity index (χ0n) is 9.69. The molecular formula is C12H14ClF2NO. The summed E-state index contributed by atoms with van der Waals surface area (Å²) in [5.41, 5.74) is 0.0911. The van der Waals surface area contributed by atoms with Gasteiger partial charge in [0.1, 0.15) is 11.6 Å². The normalized spacial score (nSPS) is 12.3. The van der Waals surface area contributed by atoms with E-state index in [9.17, 15) is 13.6 Å². The molecule has 0 aliphatic rings. The van der Waals surface area contributed by atoms with Crippen LogP contribution in [0.2, 0.25) is 0 Å². The SMILES string of the molecule is Cc1cc(C(=O)NCCC(C)Cl)c(F)cc1F. The van der Waals surface area contributed by atoms with Crippen LogP contribution in [0.4, 0.5) is 8.78 Å². The van der Waals surface area contributed by atoms with E-state index in [4.69, 9.17) is 11.6 Å². The number of rotatable bonds is 4. The topological polar surface area (TPSA) is 29.1 Å². The van der Waals surface area contributed by atoms with E-state index in [2.05, 4.69) is 5.32 Å². The number of carbonyl (C=O) groups is 1. The zero-order valence-corrected chi connectivity index (χ0v) is 10.4. The van der Waals surface area contributed by atoms with Crippen molar-refractivity contribution in [3.63, 3.8) is 0 Å². The molecule has 17 heavy (non-hydrogen) atoms. The van der Waals surface area contributed by atoms with Crippen molar-refractivity contribution in [2.24, 2.45) is 0 Å². The van der Waals surface area contributed by atoms with Crippen molar-refractivity contribution in [3.8, 4) is 0 Å². The Hall–Kier alpha value is -1.16. The highest BCUT2D eigenvalue weighted by molar-refractivity contribution is 6.20. The van der Waals surface area contributed by atoms with E-state index >= 15 is 0 Å². The molecule has 0 spiro atoms. The van der Waals surface area contributed by atoms with Gasteiger partial charge in [0.05, 0.1) is 5.56 Å². The molecular weight excluding hydrogens is 248 g/mol. The third-order valence-corrected chi connectivity index (χ3v) is 2.54. The first-order chi connectivity index (χ1) is 7.91. The van der Waals surface area contributed by atoms with Crippen LogP contribution < -0.4 is 5.32 Å². The summed E-state index contributed by atoms with van der Waals surface area (Å²) < 4.78 is 26.3. The average molecular weight is 262 g/mol. The molecule has 0 saturated carbocycles. The van der Waals surface area contributed by atoms with Gasteiger partial charge < -0.3 is 5.32 Å². The van der Waals surface area contributed by atoms with Crippen LogP contribution in [0.15, 0.2) is 12.1 Å². The number of benzene rings is 1. The van der Waals surface area contributed by atoms with Crippen LogP contribution in [0.3, 0.4) is 0 Å². The highest BCUT2D eigenvalue weighted by atomic mass is 35.5. The van der Waals surface area contributed by atoms with Gasteiger partial charge in [0.15, 0.2) is 0 Å². The van der Waals surface area contributed by atoms with Crippen molar-refractivity contribution in [2.45, 2.75) is 25.6 Å². The number of nitrogens with one attached hydrogen (secondary N) is 1. The summed E-state index contributed by atoms with van der Waals surface area (Å²) in [6, 6.07) is 1.92. The predicted molar refractivity (Wildman–Crippen MR) is 63.4 cm³/mol. The molecule has 1 aromatic carbocycles. The highest BCUT2D eigenvalue weighted by Crippen LogP contribution is 2.14. The van der Waals surface area contributed by atoms with Gasteiger partial charge in [0.25, 0.3) is 5.91 Å². The van der Waals surface area contributed by atoms with E-state index in [0.717, 1.165) is 0 Å². The molecule has 5 heteroatoms. The second-order valence-corrected chi connectivity index (χ2v) is 4.65. The van der Waals surface area contributed by atoms with Gasteiger partial charge in [-0.05, 0) is 31.9 Å². The van der Waals surface area contributed by atoms with E-state index in [1.165, 1.54) is 13.0 Å². The molecule has 1 aromatic rings. The molecule has 0 bridgehead atoms. The molecule has 0 aliphatic heterocycles. The van der Waals surface area contributed by atoms with Crippen molar-refractivity contribution < 1.29 is 13.6 Å². The molecule has 1 amide bonds. The van der Waals surface area contributed by atoms with Gasteiger partial charge in [-0.15, -0.1) is 11.6 Å². The first-order valence-electron chi connectivity index (χ1n) is 5.29. The molecule has 1 rings (SSSR count). The van der Waals surface area contributed by atoms with E-state index in [-0.39, 0.29) is 16.5 Å². The molecule has 1 unspecified atom stereocenters. The smallest absolute Gasteiger partial charge is 0.254 e. The number of hydrogen-bond acceptors (Lipinski definition) is 1. The van der Waals surface area contributed by atoms with E-state index in [1.54, 1.807) is 6.92 Å². The Bertz CT molecular complexity index is 421. The maximum absolute atomic E-state index is 13.3. The maximum atomic E-state index is 13.3. The Morgan fingerprint density at radius 3 is 2.65 bits per heavy atom. The monoisotopic (exact) mass is 261 g/mol. The van der Waals surface area contributed by atoms with Crippen LogP contribution in [0.5, 0.6) is 0 Å². The largest absolute Gasteiger partial charge is 0.352 e. The minimum atomic E-state index is -0.857. The Morgan fingerprint density at radius 2 is 2.06 bits per heavy atom. The van der Waals surface area contributed by atoms with E-state index in [0.29, 0.717) is 19.0 Å². The summed E-state index contributed by atoms with van der Waals surface area (Å²) >= 11 is 5.71. The molecule has 0 aliphatic carbocycles. The first-order valence-corrected chi connectivity index (χ1v) is 5.73. The van der Waals surface area contributed by atoms with E-state index in [1.807, 2.05) is 0 Å². The third kappa shape index (κ3) is 3.97. The van der Waals surface area contributed by atoms with Gasteiger partial charge in [-0.1, -0.05) is 0 Å². The first kappa shape index (κ1) is 13.9. The third-order valence-electron chi connectivity index (χ3n) is 2.32. The summed E-state index contributed by atoms with van der Waals surface area (Å²) in [5, 5.41) is 2.47.